The van der Waals surface area contributed by atoms with E-state index in [-0.39, 0.29) is 12.5 Å². The van der Waals surface area contributed by atoms with E-state index in [9.17, 15) is 14.4 Å². The predicted molar refractivity (Wildman–Crippen MR) is 128 cm³/mol. The fourth-order valence-corrected chi connectivity index (χ4v) is 4.31. The normalized spacial score (nSPS) is 17.7. The first-order valence-electron chi connectivity index (χ1n) is 11.3. The number of carbonyl (C=O) groups excluding carboxylic acids is 3. The van der Waals surface area contributed by atoms with E-state index < -0.39 is 11.9 Å². The zero-order chi connectivity index (χ0) is 23.0. The minimum atomic E-state index is -0.919. The third-order valence-electron chi connectivity index (χ3n) is 6.17. The molecule has 0 heterocycles. The molecule has 1 aliphatic carbocycles. The molecule has 5 heteroatoms. The van der Waals surface area contributed by atoms with Crippen LogP contribution in [0.25, 0.3) is 11.1 Å². The summed E-state index contributed by atoms with van der Waals surface area (Å²) in [6.45, 7) is 0.0503. The van der Waals surface area contributed by atoms with Gasteiger partial charge in [0.15, 0.2) is 0 Å². The zero-order valence-electron chi connectivity index (χ0n) is 18.4. The Morgan fingerprint density at radius 1 is 0.848 bits per heavy atom. The number of aldehydes is 1. The number of carbonyl (C=O) groups is 3. The van der Waals surface area contributed by atoms with Crippen LogP contribution in [0, 0.1) is 5.92 Å². The molecule has 0 bridgehead atoms. The van der Waals surface area contributed by atoms with E-state index in [1.165, 1.54) is 5.56 Å². The van der Waals surface area contributed by atoms with E-state index in [1.807, 2.05) is 60.7 Å². The molecule has 1 saturated carbocycles. The van der Waals surface area contributed by atoms with Gasteiger partial charge in [-0.25, -0.2) is 4.79 Å². The molecule has 3 aromatic rings. The van der Waals surface area contributed by atoms with Gasteiger partial charge in [-0.05, 0) is 66.0 Å². The molecule has 1 amide bonds. The molecule has 0 unspecified atom stereocenters. The summed E-state index contributed by atoms with van der Waals surface area (Å²) < 4.78 is 5.10. The highest BCUT2D eigenvalue weighted by molar-refractivity contribution is 6.37. The van der Waals surface area contributed by atoms with Crippen LogP contribution in [0.3, 0.4) is 0 Å². The molecule has 0 spiro atoms. The molecule has 0 atom stereocenters. The van der Waals surface area contributed by atoms with Gasteiger partial charge in [0, 0.05) is 11.6 Å². The fraction of sp³-hybridized carbons (Fsp3) is 0.250. The molecular weight excluding hydrogens is 414 g/mol. The van der Waals surface area contributed by atoms with E-state index in [2.05, 4.69) is 17.4 Å². The van der Waals surface area contributed by atoms with Crippen LogP contribution in [0.1, 0.15) is 42.7 Å². The van der Waals surface area contributed by atoms with Crippen molar-refractivity contribution in [3.63, 3.8) is 0 Å². The molecule has 0 radical (unpaired) electrons. The maximum Gasteiger partial charge on any atom is 0.397 e. The average Bonchev–Trinajstić information content (AvgIpc) is 2.88. The van der Waals surface area contributed by atoms with Crippen LogP contribution in [0.5, 0.6) is 0 Å². The van der Waals surface area contributed by atoms with Crippen LogP contribution in [0.2, 0.25) is 0 Å². The van der Waals surface area contributed by atoms with Gasteiger partial charge in [-0.2, -0.15) is 0 Å². The van der Waals surface area contributed by atoms with Crippen LogP contribution >= 0.6 is 0 Å². The van der Waals surface area contributed by atoms with Crippen molar-refractivity contribution in [1.29, 1.82) is 0 Å². The van der Waals surface area contributed by atoms with Gasteiger partial charge < -0.3 is 14.8 Å². The molecule has 0 saturated heterocycles. The smallest absolute Gasteiger partial charge is 0.397 e. The molecule has 1 aliphatic rings. The van der Waals surface area contributed by atoms with Crippen molar-refractivity contribution in [3.8, 4) is 11.1 Å². The van der Waals surface area contributed by atoms with Gasteiger partial charge in [0.2, 0.25) is 0 Å². The van der Waals surface area contributed by atoms with Gasteiger partial charge in [0.25, 0.3) is 0 Å². The highest BCUT2D eigenvalue weighted by Crippen LogP contribution is 2.36. The average molecular weight is 442 g/mol. The Morgan fingerprint density at radius 3 is 2.27 bits per heavy atom. The second kappa shape index (κ2) is 10.7. The molecular formula is C28H27NO4. The van der Waals surface area contributed by atoms with Crippen LogP contribution in [0.4, 0.5) is 5.69 Å². The highest BCUT2D eigenvalue weighted by Gasteiger charge is 2.22. The van der Waals surface area contributed by atoms with Gasteiger partial charge >= 0.3 is 11.9 Å². The summed E-state index contributed by atoms with van der Waals surface area (Å²) in [4.78, 5) is 35.4. The van der Waals surface area contributed by atoms with E-state index in [0.29, 0.717) is 11.6 Å². The third-order valence-corrected chi connectivity index (χ3v) is 6.17. The fourth-order valence-electron chi connectivity index (χ4n) is 4.31. The Morgan fingerprint density at radius 2 is 1.55 bits per heavy atom. The number of nitrogens with one attached hydrogen (secondary N) is 1. The first-order valence-corrected chi connectivity index (χ1v) is 11.3. The lowest BCUT2D eigenvalue weighted by molar-refractivity contribution is -0.153. The number of rotatable bonds is 6. The predicted octanol–water partition coefficient (Wildman–Crippen LogP) is 5.51. The van der Waals surface area contributed by atoms with E-state index in [4.69, 9.17) is 4.74 Å². The number of ether oxygens (including phenoxy) is 1. The molecule has 33 heavy (non-hydrogen) atoms. The largest absolute Gasteiger partial charge is 0.454 e. The topological polar surface area (TPSA) is 72.5 Å². The Hall–Kier alpha value is -3.73. The summed E-state index contributed by atoms with van der Waals surface area (Å²) in [5.74, 6) is -1.06. The second-order valence-corrected chi connectivity index (χ2v) is 8.47. The van der Waals surface area contributed by atoms with Crippen LogP contribution < -0.4 is 5.32 Å². The lowest BCUT2D eigenvalue weighted by Gasteiger charge is -2.26. The number of hydrogen-bond donors (Lipinski definition) is 1. The number of benzene rings is 3. The molecule has 5 nitrogen and oxygen atoms in total. The molecule has 168 valence electrons. The number of hydrogen-bond acceptors (Lipinski definition) is 4. The maximum atomic E-state index is 12.3. The van der Waals surface area contributed by atoms with Gasteiger partial charge in [-0.3, -0.25) is 4.79 Å². The highest BCUT2D eigenvalue weighted by atomic mass is 16.5. The SMILES string of the molecule is O=CC1CCC(c2cccc(-c3cccc(NC(=O)C(=O)OCc4ccccc4)c3)c2)CC1. The molecule has 0 aromatic heterocycles. The monoisotopic (exact) mass is 441 g/mol. The van der Waals surface area contributed by atoms with E-state index in [0.717, 1.165) is 48.7 Å². The Balaban J connectivity index is 1.40. The molecule has 4 rings (SSSR count). The summed E-state index contributed by atoms with van der Waals surface area (Å²) >= 11 is 0. The van der Waals surface area contributed by atoms with Crippen LogP contribution in [-0.2, 0) is 25.7 Å². The van der Waals surface area contributed by atoms with Crippen LogP contribution in [-0.4, -0.2) is 18.2 Å². The van der Waals surface area contributed by atoms with Gasteiger partial charge in [-0.15, -0.1) is 0 Å². The van der Waals surface area contributed by atoms with Crippen molar-refractivity contribution in [2.45, 2.75) is 38.2 Å². The maximum absolute atomic E-state index is 12.3. The van der Waals surface area contributed by atoms with Crippen molar-refractivity contribution in [3.05, 3.63) is 90.0 Å². The van der Waals surface area contributed by atoms with Crippen molar-refractivity contribution in [2.24, 2.45) is 5.92 Å². The van der Waals surface area contributed by atoms with E-state index in [1.54, 1.807) is 6.07 Å². The van der Waals surface area contributed by atoms with Crippen molar-refractivity contribution < 1.29 is 19.1 Å². The molecule has 0 aliphatic heterocycles. The minimum absolute atomic E-state index is 0.0503. The standard InChI is InChI=1S/C28H27NO4/c30-18-20-12-14-22(15-13-20)23-8-4-9-24(16-23)25-10-5-11-26(17-25)29-27(31)28(32)33-19-21-6-2-1-3-7-21/h1-11,16-18,20,22H,12-15,19H2,(H,29,31). The Kier molecular flexibility index (Phi) is 7.30. The summed E-state index contributed by atoms with van der Waals surface area (Å²) in [5, 5.41) is 2.63. The lowest BCUT2D eigenvalue weighted by atomic mass is 9.79. The summed E-state index contributed by atoms with van der Waals surface area (Å²) in [6, 6.07) is 25.1. The molecule has 1 N–H and O–H groups in total. The minimum Gasteiger partial charge on any atom is -0.454 e. The lowest BCUT2D eigenvalue weighted by Crippen LogP contribution is -2.24. The van der Waals surface area contributed by atoms with Crippen LogP contribution in [0.15, 0.2) is 78.9 Å². The number of anilines is 1. The number of esters is 1. The van der Waals surface area contributed by atoms with Gasteiger partial charge in [0.05, 0.1) is 0 Å². The van der Waals surface area contributed by atoms with Gasteiger partial charge in [-0.1, -0.05) is 66.7 Å². The first-order chi connectivity index (χ1) is 16.1. The molecule has 3 aromatic carbocycles. The van der Waals surface area contributed by atoms with Crippen molar-refractivity contribution >= 4 is 23.9 Å². The van der Waals surface area contributed by atoms with Crippen molar-refractivity contribution in [2.75, 3.05) is 5.32 Å². The zero-order valence-corrected chi connectivity index (χ0v) is 18.4. The number of amides is 1. The van der Waals surface area contributed by atoms with Gasteiger partial charge in [0.1, 0.15) is 12.9 Å². The second-order valence-electron chi connectivity index (χ2n) is 8.47. The quantitative estimate of drug-likeness (QED) is 0.311. The Bertz CT molecular complexity index is 1120. The third kappa shape index (κ3) is 5.95. The summed E-state index contributed by atoms with van der Waals surface area (Å²) in [7, 11) is 0. The Labute approximate surface area is 193 Å². The summed E-state index contributed by atoms with van der Waals surface area (Å²) in [6.07, 6.45) is 5.02. The first kappa shape index (κ1) is 22.5. The van der Waals surface area contributed by atoms with Crippen molar-refractivity contribution in [1.82, 2.24) is 0 Å². The molecule has 1 fully saturated rings. The summed E-state index contributed by atoms with van der Waals surface area (Å²) in [5.41, 5.74) is 4.63. The van der Waals surface area contributed by atoms with E-state index >= 15 is 0 Å².